The Bertz CT molecular complexity index is 445. The molecule has 0 aromatic heterocycles. The van der Waals surface area contributed by atoms with Crippen LogP contribution in [0.3, 0.4) is 0 Å². The third-order valence-corrected chi connectivity index (χ3v) is 1.92. The molecule has 1 atom stereocenters. The van der Waals surface area contributed by atoms with Crippen molar-refractivity contribution < 1.29 is 13.9 Å². The first-order valence-corrected chi connectivity index (χ1v) is 4.56. The molecular formula is C12H10FNO2. The van der Waals surface area contributed by atoms with Crippen molar-refractivity contribution in [3.63, 3.8) is 0 Å². The van der Waals surface area contributed by atoms with Crippen LogP contribution < -0.4 is 0 Å². The van der Waals surface area contributed by atoms with E-state index in [1.165, 1.54) is 31.2 Å². The summed E-state index contributed by atoms with van der Waals surface area (Å²) in [5.74, 6) is -0.918. The van der Waals surface area contributed by atoms with Crippen LogP contribution in [0.4, 0.5) is 4.39 Å². The smallest absolute Gasteiger partial charge is 0.303 e. The summed E-state index contributed by atoms with van der Waals surface area (Å²) in [5, 5.41) is 8.72. The number of carbonyl (C=O) groups excluding carboxylic acids is 1. The molecule has 0 aliphatic rings. The Morgan fingerprint density at radius 1 is 1.50 bits per heavy atom. The highest BCUT2D eigenvalue weighted by Gasteiger charge is 2.18. The monoisotopic (exact) mass is 219 g/mol. The summed E-state index contributed by atoms with van der Waals surface area (Å²) in [6, 6.07) is 7.18. The van der Waals surface area contributed by atoms with E-state index < -0.39 is 17.9 Å². The molecule has 16 heavy (non-hydrogen) atoms. The molecule has 3 nitrogen and oxygen atoms in total. The summed E-state index contributed by atoms with van der Waals surface area (Å²) in [5.41, 5.74) is 0.616. The van der Waals surface area contributed by atoms with Crippen molar-refractivity contribution in [2.45, 2.75) is 13.0 Å². The van der Waals surface area contributed by atoms with Gasteiger partial charge in [-0.2, -0.15) is 5.26 Å². The topological polar surface area (TPSA) is 50.1 Å². The molecule has 0 aliphatic carbocycles. The summed E-state index contributed by atoms with van der Waals surface area (Å²) in [6.07, 6.45) is -0.844. The fourth-order valence-electron chi connectivity index (χ4n) is 1.20. The molecule has 0 bridgehead atoms. The van der Waals surface area contributed by atoms with Crippen molar-refractivity contribution in [1.29, 1.82) is 5.26 Å². The first kappa shape index (κ1) is 11.9. The molecule has 1 unspecified atom stereocenters. The zero-order valence-electron chi connectivity index (χ0n) is 8.74. The number of hydrogen-bond donors (Lipinski definition) is 0. The molecule has 1 rings (SSSR count). The van der Waals surface area contributed by atoms with Crippen LogP contribution in [0.5, 0.6) is 0 Å². The van der Waals surface area contributed by atoms with Gasteiger partial charge in [0, 0.05) is 6.92 Å². The average Bonchev–Trinajstić information content (AvgIpc) is 2.26. The Balaban J connectivity index is 3.01. The molecule has 0 amide bonds. The second-order valence-electron chi connectivity index (χ2n) is 3.18. The molecule has 1 aromatic rings. The van der Waals surface area contributed by atoms with Crippen molar-refractivity contribution in [2.24, 2.45) is 0 Å². The van der Waals surface area contributed by atoms with Gasteiger partial charge >= 0.3 is 5.97 Å². The van der Waals surface area contributed by atoms with E-state index in [9.17, 15) is 9.18 Å². The maximum Gasteiger partial charge on any atom is 0.303 e. The summed E-state index contributed by atoms with van der Waals surface area (Å²) in [6.45, 7) is 4.73. The minimum Gasteiger partial charge on any atom is -0.452 e. The van der Waals surface area contributed by atoms with Crippen LogP contribution in [0.25, 0.3) is 0 Å². The van der Waals surface area contributed by atoms with Gasteiger partial charge in [-0.25, -0.2) is 4.39 Å². The lowest BCUT2D eigenvalue weighted by Crippen LogP contribution is -2.09. The first-order chi connectivity index (χ1) is 7.54. The van der Waals surface area contributed by atoms with E-state index in [2.05, 4.69) is 6.58 Å². The number of rotatable bonds is 3. The van der Waals surface area contributed by atoms with Gasteiger partial charge in [0.05, 0.1) is 11.6 Å². The van der Waals surface area contributed by atoms with Crippen LogP contribution in [-0.2, 0) is 9.53 Å². The van der Waals surface area contributed by atoms with Gasteiger partial charge < -0.3 is 4.74 Å². The van der Waals surface area contributed by atoms with E-state index in [1.54, 1.807) is 0 Å². The minimum absolute atomic E-state index is 0.0989. The SMILES string of the molecule is C=C(C#N)C(OC(C)=O)c1ccc(F)cc1. The predicted molar refractivity (Wildman–Crippen MR) is 55.7 cm³/mol. The van der Waals surface area contributed by atoms with Crippen LogP contribution in [0.15, 0.2) is 36.4 Å². The van der Waals surface area contributed by atoms with Gasteiger partial charge in [0.25, 0.3) is 0 Å². The summed E-state index contributed by atoms with van der Waals surface area (Å²) in [4.78, 5) is 10.9. The number of benzene rings is 1. The average molecular weight is 219 g/mol. The van der Waals surface area contributed by atoms with Crippen LogP contribution >= 0.6 is 0 Å². The quantitative estimate of drug-likeness (QED) is 0.579. The molecule has 4 heteroatoms. The summed E-state index contributed by atoms with van der Waals surface area (Å²) < 4.78 is 17.6. The van der Waals surface area contributed by atoms with E-state index in [0.29, 0.717) is 5.56 Å². The van der Waals surface area contributed by atoms with Crippen molar-refractivity contribution in [1.82, 2.24) is 0 Å². The third-order valence-electron chi connectivity index (χ3n) is 1.92. The van der Waals surface area contributed by atoms with Gasteiger partial charge in [0.15, 0.2) is 6.10 Å². The van der Waals surface area contributed by atoms with Gasteiger partial charge in [-0.1, -0.05) is 18.7 Å². The Hall–Kier alpha value is -2.15. The normalized spacial score (nSPS) is 11.3. The molecule has 82 valence electrons. The van der Waals surface area contributed by atoms with Gasteiger partial charge in [0.2, 0.25) is 0 Å². The molecule has 0 aliphatic heterocycles. The molecule has 0 saturated carbocycles. The van der Waals surface area contributed by atoms with E-state index >= 15 is 0 Å². The zero-order valence-corrected chi connectivity index (χ0v) is 8.74. The predicted octanol–water partition coefficient (Wildman–Crippen LogP) is 2.51. The Labute approximate surface area is 92.8 Å². The third kappa shape index (κ3) is 2.92. The molecule has 0 heterocycles. The van der Waals surface area contributed by atoms with Crippen LogP contribution in [0, 0.1) is 17.1 Å². The first-order valence-electron chi connectivity index (χ1n) is 4.56. The fourth-order valence-corrected chi connectivity index (χ4v) is 1.20. The molecular weight excluding hydrogens is 209 g/mol. The lowest BCUT2D eigenvalue weighted by atomic mass is 10.0. The van der Waals surface area contributed by atoms with E-state index in [0.717, 1.165) is 0 Å². The van der Waals surface area contributed by atoms with Gasteiger partial charge in [0.1, 0.15) is 5.82 Å². The Morgan fingerprint density at radius 2 is 2.06 bits per heavy atom. The summed E-state index contributed by atoms with van der Waals surface area (Å²) >= 11 is 0. The molecule has 1 aromatic carbocycles. The maximum absolute atomic E-state index is 12.7. The number of hydrogen-bond acceptors (Lipinski definition) is 3. The second kappa shape index (κ2) is 5.08. The number of halogens is 1. The molecule has 0 N–H and O–H groups in total. The van der Waals surface area contributed by atoms with Crippen LogP contribution in [0.1, 0.15) is 18.6 Å². The Kier molecular flexibility index (Phi) is 3.78. The Morgan fingerprint density at radius 3 is 2.50 bits per heavy atom. The fraction of sp³-hybridized carbons (Fsp3) is 0.167. The van der Waals surface area contributed by atoms with Crippen molar-refractivity contribution in [3.05, 3.63) is 47.8 Å². The largest absolute Gasteiger partial charge is 0.452 e. The lowest BCUT2D eigenvalue weighted by molar-refractivity contribution is -0.144. The second-order valence-corrected chi connectivity index (χ2v) is 3.18. The standard InChI is InChI=1S/C12H10FNO2/c1-8(7-14)12(16-9(2)15)10-3-5-11(13)6-4-10/h3-6,12H,1H2,2H3. The number of carbonyl (C=O) groups is 1. The number of ether oxygens (including phenoxy) is 1. The van der Waals surface area contributed by atoms with Crippen LogP contribution in [0.2, 0.25) is 0 Å². The highest BCUT2D eigenvalue weighted by Crippen LogP contribution is 2.24. The molecule has 0 radical (unpaired) electrons. The number of esters is 1. The van der Waals surface area contributed by atoms with Gasteiger partial charge in [-0.3, -0.25) is 4.79 Å². The number of nitriles is 1. The van der Waals surface area contributed by atoms with Gasteiger partial charge in [-0.15, -0.1) is 0 Å². The highest BCUT2D eigenvalue weighted by molar-refractivity contribution is 5.67. The summed E-state index contributed by atoms with van der Waals surface area (Å²) in [7, 11) is 0. The van der Waals surface area contributed by atoms with Gasteiger partial charge in [-0.05, 0) is 17.7 Å². The molecule has 0 saturated heterocycles. The van der Waals surface area contributed by atoms with Crippen molar-refractivity contribution >= 4 is 5.97 Å². The molecule has 0 spiro atoms. The maximum atomic E-state index is 12.7. The van der Waals surface area contributed by atoms with Crippen LogP contribution in [-0.4, -0.2) is 5.97 Å². The lowest BCUT2D eigenvalue weighted by Gasteiger charge is -2.15. The highest BCUT2D eigenvalue weighted by atomic mass is 19.1. The number of nitrogens with zero attached hydrogens (tertiary/aromatic N) is 1. The van der Waals surface area contributed by atoms with E-state index in [-0.39, 0.29) is 5.57 Å². The van der Waals surface area contributed by atoms with Crippen molar-refractivity contribution in [2.75, 3.05) is 0 Å². The van der Waals surface area contributed by atoms with E-state index in [4.69, 9.17) is 10.00 Å². The van der Waals surface area contributed by atoms with E-state index in [1.807, 2.05) is 6.07 Å². The minimum atomic E-state index is -0.844. The zero-order chi connectivity index (χ0) is 12.1. The van der Waals surface area contributed by atoms with Crippen molar-refractivity contribution in [3.8, 4) is 6.07 Å². The molecule has 0 fully saturated rings.